The van der Waals surface area contributed by atoms with Gasteiger partial charge in [0.15, 0.2) is 0 Å². The number of carbonyl (C=O) groups excluding carboxylic acids is 2. The number of hydrogen-bond acceptors (Lipinski definition) is 4. The summed E-state index contributed by atoms with van der Waals surface area (Å²) in [5, 5.41) is 6.49. The van der Waals surface area contributed by atoms with Gasteiger partial charge in [0.05, 0.1) is 5.56 Å². The Hall–Kier alpha value is -4.42. The molecule has 0 atom stereocenters. The van der Waals surface area contributed by atoms with Crippen LogP contribution in [0.25, 0.3) is 11.1 Å². The van der Waals surface area contributed by atoms with Gasteiger partial charge in [0.2, 0.25) is 5.91 Å². The average molecular weight is 602 g/mol. The quantitative estimate of drug-likeness (QED) is 0.167. The number of fused-ring (bicyclic) bond motifs is 3. The van der Waals surface area contributed by atoms with Crippen LogP contribution < -0.4 is 15.4 Å². The molecule has 2 amide bonds. The third-order valence-electron chi connectivity index (χ3n) is 9.29. The number of ether oxygens (including phenoxy) is 1. The van der Waals surface area contributed by atoms with Crippen LogP contribution in [0.15, 0.2) is 103 Å². The number of carbonyl (C=O) groups is 2. The number of hydrogen-bond donors (Lipinski definition) is 2. The van der Waals surface area contributed by atoms with Gasteiger partial charge in [-0.1, -0.05) is 92.2 Å². The number of amides is 2. The molecule has 2 aliphatic rings. The second kappa shape index (κ2) is 14.1. The maximum atomic E-state index is 13.9. The fourth-order valence-corrected chi connectivity index (χ4v) is 6.99. The summed E-state index contributed by atoms with van der Waals surface area (Å²) in [4.78, 5) is 29.6. The number of benzene rings is 4. The zero-order valence-corrected chi connectivity index (χ0v) is 26.1. The number of likely N-dealkylation sites (tertiary alicyclic amines) is 1. The van der Waals surface area contributed by atoms with E-state index in [0.29, 0.717) is 23.6 Å². The van der Waals surface area contributed by atoms with E-state index in [2.05, 4.69) is 71.0 Å². The molecule has 6 heteroatoms. The van der Waals surface area contributed by atoms with Crippen LogP contribution in [0.1, 0.15) is 66.9 Å². The average Bonchev–Trinajstić information content (AvgIpc) is 3.37. The predicted octanol–water partition coefficient (Wildman–Crippen LogP) is 7.34. The minimum Gasteiger partial charge on any atom is -0.457 e. The lowest BCUT2D eigenvalue weighted by atomic mass is 9.73. The number of rotatable bonds is 12. The smallest absolute Gasteiger partial charge is 0.255 e. The Morgan fingerprint density at radius 2 is 1.42 bits per heavy atom. The number of para-hydroxylation sites is 2. The van der Waals surface area contributed by atoms with Crippen molar-refractivity contribution in [2.75, 3.05) is 26.2 Å². The van der Waals surface area contributed by atoms with Crippen molar-refractivity contribution in [3.05, 3.63) is 120 Å². The topological polar surface area (TPSA) is 70.7 Å². The first kappa shape index (κ1) is 30.6. The van der Waals surface area contributed by atoms with E-state index in [1.54, 1.807) is 0 Å². The molecule has 6 nitrogen and oxygen atoms in total. The van der Waals surface area contributed by atoms with Gasteiger partial charge in [-0.3, -0.25) is 9.59 Å². The summed E-state index contributed by atoms with van der Waals surface area (Å²) in [6.07, 6.45) is 5.50. The van der Waals surface area contributed by atoms with Crippen molar-refractivity contribution in [2.45, 2.75) is 56.9 Å². The maximum Gasteiger partial charge on any atom is 0.255 e. The molecule has 0 spiro atoms. The van der Waals surface area contributed by atoms with Gasteiger partial charge in [-0.15, -0.1) is 0 Å². The predicted molar refractivity (Wildman–Crippen MR) is 180 cm³/mol. The number of nitrogens with one attached hydrogen (secondary N) is 2. The van der Waals surface area contributed by atoms with E-state index in [0.717, 1.165) is 69.3 Å². The Morgan fingerprint density at radius 3 is 2.11 bits per heavy atom. The van der Waals surface area contributed by atoms with Gasteiger partial charge in [0.1, 0.15) is 16.9 Å². The molecule has 6 rings (SSSR count). The largest absolute Gasteiger partial charge is 0.457 e. The Balaban J connectivity index is 1.03. The number of unbranched alkanes of at least 4 members (excludes halogenated alkanes) is 1. The minimum absolute atomic E-state index is 0.0937. The van der Waals surface area contributed by atoms with Crippen molar-refractivity contribution in [1.82, 2.24) is 15.5 Å². The van der Waals surface area contributed by atoms with Crippen LogP contribution in [0.2, 0.25) is 0 Å². The van der Waals surface area contributed by atoms with Crippen molar-refractivity contribution in [3.8, 4) is 22.6 Å². The second-order valence-electron chi connectivity index (χ2n) is 12.2. The highest BCUT2D eigenvalue weighted by Crippen LogP contribution is 2.51. The Labute approximate surface area is 266 Å². The van der Waals surface area contributed by atoms with E-state index in [4.69, 9.17) is 4.74 Å². The lowest BCUT2D eigenvalue weighted by molar-refractivity contribution is -0.125. The highest BCUT2D eigenvalue weighted by Gasteiger charge is 2.48. The van der Waals surface area contributed by atoms with Gasteiger partial charge in [-0.2, -0.15) is 0 Å². The zero-order valence-electron chi connectivity index (χ0n) is 26.1. The fourth-order valence-electron chi connectivity index (χ4n) is 6.99. The molecule has 1 fully saturated rings. The lowest BCUT2D eigenvalue weighted by Gasteiger charge is -2.33. The molecule has 2 N–H and O–H groups in total. The first-order valence-electron chi connectivity index (χ1n) is 16.4. The van der Waals surface area contributed by atoms with Crippen LogP contribution in [-0.2, 0) is 10.2 Å². The van der Waals surface area contributed by atoms with Crippen LogP contribution in [0.5, 0.6) is 11.5 Å². The summed E-state index contributed by atoms with van der Waals surface area (Å²) in [5.74, 6) is 1.30. The van der Waals surface area contributed by atoms with Gasteiger partial charge < -0.3 is 20.3 Å². The first-order valence-corrected chi connectivity index (χ1v) is 16.4. The van der Waals surface area contributed by atoms with Gasteiger partial charge in [-0.05, 0) is 85.2 Å². The molecule has 1 heterocycles. The molecule has 0 unspecified atom stereocenters. The van der Waals surface area contributed by atoms with Gasteiger partial charge in [0.25, 0.3) is 5.91 Å². The molecule has 1 saturated heterocycles. The van der Waals surface area contributed by atoms with E-state index in [1.165, 1.54) is 11.1 Å². The third kappa shape index (κ3) is 6.52. The summed E-state index contributed by atoms with van der Waals surface area (Å²) in [7, 11) is 0. The SMILES string of the molecule is CCCNC(=O)C1(CCCCN2CCC(NC(=O)c3ccccc3Oc3ccccc3)CC2)c2ccccc2-c2ccccc21. The van der Waals surface area contributed by atoms with Crippen LogP contribution in [-0.4, -0.2) is 48.9 Å². The van der Waals surface area contributed by atoms with Crippen molar-refractivity contribution >= 4 is 11.8 Å². The lowest BCUT2D eigenvalue weighted by Crippen LogP contribution is -2.45. The van der Waals surface area contributed by atoms with Crippen LogP contribution in [0, 0.1) is 0 Å². The molecular weight excluding hydrogens is 558 g/mol. The molecule has 0 bridgehead atoms. The molecule has 4 aromatic rings. The van der Waals surface area contributed by atoms with E-state index in [-0.39, 0.29) is 17.9 Å². The monoisotopic (exact) mass is 601 g/mol. The number of nitrogens with zero attached hydrogens (tertiary/aromatic N) is 1. The van der Waals surface area contributed by atoms with Gasteiger partial charge >= 0.3 is 0 Å². The molecule has 0 saturated carbocycles. The zero-order chi connectivity index (χ0) is 31.1. The van der Waals surface area contributed by atoms with Gasteiger partial charge in [-0.25, -0.2) is 0 Å². The van der Waals surface area contributed by atoms with E-state index >= 15 is 0 Å². The molecule has 232 valence electrons. The second-order valence-corrected chi connectivity index (χ2v) is 12.2. The Kier molecular flexibility index (Phi) is 9.61. The van der Waals surface area contributed by atoms with Crippen molar-refractivity contribution in [2.24, 2.45) is 0 Å². The maximum absolute atomic E-state index is 13.9. The summed E-state index contributed by atoms with van der Waals surface area (Å²) in [6, 6.07) is 33.9. The highest BCUT2D eigenvalue weighted by atomic mass is 16.5. The van der Waals surface area contributed by atoms with Gasteiger partial charge in [0, 0.05) is 25.7 Å². The molecule has 0 aromatic heterocycles. The fraction of sp³-hybridized carbons (Fsp3) is 0.333. The van der Waals surface area contributed by atoms with Crippen molar-refractivity contribution < 1.29 is 14.3 Å². The Bertz CT molecular complexity index is 1570. The minimum atomic E-state index is -0.653. The van der Waals surface area contributed by atoms with Crippen LogP contribution in [0.3, 0.4) is 0 Å². The number of piperidine rings is 1. The third-order valence-corrected chi connectivity index (χ3v) is 9.29. The van der Waals surface area contributed by atoms with E-state index in [9.17, 15) is 9.59 Å². The Morgan fingerprint density at radius 1 is 0.800 bits per heavy atom. The molecule has 4 aromatic carbocycles. The molecular formula is C39H43N3O3. The normalized spacial score (nSPS) is 15.6. The van der Waals surface area contributed by atoms with Crippen molar-refractivity contribution in [1.29, 1.82) is 0 Å². The summed E-state index contributed by atoms with van der Waals surface area (Å²) >= 11 is 0. The van der Waals surface area contributed by atoms with Crippen LogP contribution >= 0.6 is 0 Å². The van der Waals surface area contributed by atoms with Crippen LogP contribution in [0.4, 0.5) is 0 Å². The first-order chi connectivity index (χ1) is 22.1. The van der Waals surface area contributed by atoms with E-state index in [1.807, 2.05) is 54.6 Å². The molecule has 0 radical (unpaired) electrons. The molecule has 1 aliphatic heterocycles. The van der Waals surface area contributed by atoms with E-state index < -0.39 is 5.41 Å². The summed E-state index contributed by atoms with van der Waals surface area (Å²) < 4.78 is 6.01. The molecule has 45 heavy (non-hydrogen) atoms. The molecule has 1 aliphatic carbocycles. The summed E-state index contributed by atoms with van der Waals surface area (Å²) in [6.45, 7) is 5.66. The summed E-state index contributed by atoms with van der Waals surface area (Å²) in [5.41, 5.74) is 4.52. The standard InChI is InChI=1S/C39H43N3O3/c1-2-25-40-38(44)39(34-19-9-6-16-31(34)32-17-7-10-20-35(32)39)24-12-13-26-42-27-22-29(23-28-42)41-37(43)33-18-8-11-21-36(33)45-30-14-4-3-5-15-30/h3-11,14-21,29H,2,12-13,22-28H2,1H3,(H,40,44)(H,41,43). The highest BCUT2D eigenvalue weighted by molar-refractivity contribution is 6.00. The van der Waals surface area contributed by atoms with Crippen molar-refractivity contribution in [3.63, 3.8) is 0 Å².